The van der Waals surface area contributed by atoms with Crippen molar-refractivity contribution in [2.24, 2.45) is 0 Å². The van der Waals surface area contributed by atoms with Crippen molar-refractivity contribution in [3.05, 3.63) is 198 Å². The van der Waals surface area contributed by atoms with E-state index in [1.165, 1.54) is 33.4 Å². The van der Waals surface area contributed by atoms with Crippen LogP contribution in [-0.2, 0) is 35.5 Å². The van der Waals surface area contributed by atoms with E-state index in [2.05, 4.69) is 180 Å². The summed E-state index contributed by atoms with van der Waals surface area (Å²) in [7, 11) is 0. The molecule has 3 nitrogen and oxygen atoms in total. The molecule has 54 heavy (non-hydrogen) atoms. The first-order valence-corrected chi connectivity index (χ1v) is 19.1. The van der Waals surface area contributed by atoms with Gasteiger partial charge in [-0.05, 0) is 93.2 Å². The second kappa shape index (κ2) is 15.4. The van der Waals surface area contributed by atoms with Gasteiger partial charge < -0.3 is 0 Å². The van der Waals surface area contributed by atoms with E-state index in [4.69, 9.17) is 9.97 Å². The van der Waals surface area contributed by atoms with Crippen molar-refractivity contribution in [1.82, 2.24) is 15.0 Å². The molecule has 3 heterocycles. The Morgan fingerprint density at radius 2 is 0.722 bits per heavy atom. The molecule has 0 amide bonds. The summed E-state index contributed by atoms with van der Waals surface area (Å²) in [6.45, 7) is 14.1. The molecule has 7 aromatic rings. The van der Waals surface area contributed by atoms with Crippen LogP contribution in [0, 0.1) is 0 Å². The topological polar surface area (TPSA) is 38.7 Å². The normalized spacial score (nSPS) is 12.1. The average molecular weight is 706 g/mol. The van der Waals surface area contributed by atoms with Crippen LogP contribution in [0.4, 0.5) is 0 Å². The van der Waals surface area contributed by atoms with Gasteiger partial charge in [-0.15, -0.1) is 0 Å². The van der Waals surface area contributed by atoms with E-state index in [9.17, 15) is 0 Å². The summed E-state index contributed by atoms with van der Waals surface area (Å²) in [5.41, 5.74) is 14.0. The van der Waals surface area contributed by atoms with Crippen LogP contribution in [0.15, 0.2) is 164 Å². The number of hydrogen-bond donors (Lipinski definition) is 0. The number of hydrogen-bond acceptors (Lipinski definition) is 3. The maximum Gasteiger partial charge on any atom is 0.0702 e. The molecule has 3 aromatic heterocycles. The van der Waals surface area contributed by atoms with Crippen LogP contribution in [0.3, 0.4) is 0 Å². The Bertz CT molecular complexity index is 2000. The van der Waals surface area contributed by atoms with Crippen LogP contribution in [0.1, 0.15) is 74.9 Å². The molecule has 270 valence electrons. The van der Waals surface area contributed by atoms with Crippen molar-refractivity contribution in [1.29, 1.82) is 0 Å². The monoisotopic (exact) mass is 705 g/mol. The summed E-state index contributed by atoms with van der Waals surface area (Å²) in [4.78, 5) is 14.4. The fraction of sp³-hybridized carbons (Fsp3) is 0.235. The third kappa shape index (κ3) is 8.58. The molecule has 4 aromatic carbocycles. The van der Waals surface area contributed by atoms with E-state index >= 15 is 0 Å². The maximum atomic E-state index is 4.90. The zero-order chi connectivity index (χ0) is 37.8. The molecule has 0 fully saturated rings. The van der Waals surface area contributed by atoms with Gasteiger partial charge in [0, 0.05) is 35.3 Å². The molecular weight excluding hydrogens is 655 g/mol. The lowest BCUT2D eigenvalue weighted by Crippen LogP contribution is -2.24. The van der Waals surface area contributed by atoms with Gasteiger partial charge in [-0.3, -0.25) is 15.0 Å². The highest BCUT2D eigenvalue weighted by Crippen LogP contribution is 2.35. The van der Waals surface area contributed by atoms with Crippen LogP contribution >= 0.6 is 0 Å². The van der Waals surface area contributed by atoms with Crippen LogP contribution in [-0.4, -0.2) is 15.0 Å². The third-order valence-corrected chi connectivity index (χ3v) is 10.9. The van der Waals surface area contributed by atoms with E-state index in [0.717, 1.165) is 53.0 Å². The molecule has 0 bridgehead atoms. The highest BCUT2D eigenvalue weighted by atomic mass is 14.7. The minimum Gasteiger partial charge on any atom is -0.256 e. The van der Waals surface area contributed by atoms with Crippen molar-refractivity contribution in [2.45, 2.75) is 77.0 Å². The van der Waals surface area contributed by atoms with Crippen LogP contribution < -0.4 is 0 Å². The summed E-state index contributed by atoms with van der Waals surface area (Å²) < 4.78 is 0. The summed E-state index contributed by atoms with van der Waals surface area (Å²) in [5, 5.41) is 0. The van der Waals surface area contributed by atoms with Gasteiger partial charge in [0.2, 0.25) is 0 Å². The molecule has 0 radical (unpaired) electrons. The van der Waals surface area contributed by atoms with E-state index in [-0.39, 0.29) is 16.2 Å². The molecule has 0 spiro atoms. The summed E-state index contributed by atoms with van der Waals surface area (Å²) >= 11 is 0. The fourth-order valence-electron chi connectivity index (χ4n) is 7.76. The summed E-state index contributed by atoms with van der Waals surface area (Å²) in [5.74, 6) is 0. The van der Waals surface area contributed by atoms with E-state index in [1.807, 2.05) is 30.5 Å². The molecule has 0 aliphatic carbocycles. The molecule has 0 unspecified atom stereocenters. The Morgan fingerprint density at radius 1 is 0.352 bits per heavy atom. The molecule has 3 heteroatoms. The minimum absolute atomic E-state index is 0.0715. The minimum atomic E-state index is -0.109. The molecule has 7 rings (SSSR count). The van der Waals surface area contributed by atoms with E-state index in [0.29, 0.717) is 0 Å². The van der Waals surface area contributed by atoms with Crippen LogP contribution in [0.5, 0.6) is 0 Å². The molecule has 0 N–H and O–H groups in total. The molecule has 0 atom stereocenters. The molecular formula is C51H51N3. The van der Waals surface area contributed by atoms with Gasteiger partial charge in [0.1, 0.15) is 0 Å². The van der Waals surface area contributed by atoms with Crippen molar-refractivity contribution in [2.75, 3.05) is 0 Å². The van der Waals surface area contributed by atoms with Gasteiger partial charge in [0.25, 0.3) is 0 Å². The predicted molar refractivity (Wildman–Crippen MR) is 226 cm³/mol. The van der Waals surface area contributed by atoms with E-state index in [1.54, 1.807) is 0 Å². The largest absolute Gasteiger partial charge is 0.256 e. The van der Waals surface area contributed by atoms with Crippen LogP contribution in [0.2, 0.25) is 0 Å². The zero-order valence-electron chi connectivity index (χ0n) is 32.6. The van der Waals surface area contributed by atoms with Gasteiger partial charge in [-0.25, -0.2) is 0 Å². The maximum absolute atomic E-state index is 4.90. The molecule has 0 saturated carbocycles. The first-order chi connectivity index (χ1) is 25.9. The predicted octanol–water partition coefficient (Wildman–Crippen LogP) is 12.4. The van der Waals surface area contributed by atoms with Gasteiger partial charge in [-0.2, -0.15) is 0 Å². The van der Waals surface area contributed by atoms with Gasteiger partial charge in [-0.1, -0.05) is 163 Å². The SMILES string of the molecule is CC(C)(Cc1cc(CC(C)(C)c2ccc(-c3ccccc3)nc2)cc(CC(C)(C)c2ccc(-c3ccccc3)nc2)c1)c1ccc(-c2ccccn2)cc1. The number of rotatable bonds is 12. The lowest BCUT2D eigenvalue weighted by Gasteiger charge is -2.30. The standard InChI is InChI=1S/C51H51N3/c1-49(2,43-22-20-42(21-23-43)46-19-13-14-28-52-46)32-37-29-38(33-50(3,4)44-24-26-47(53-35-44)40-15-9-7-10-16-40)31-39(30-37)34-51(5,6)45-25-27-48(54-36-45)41-17-11-8-12-18-41/h7-31,35-36H,32-34H2,1-6H3. The Labute approximate surface area is 322 Å². The van der Waals surface area contributed by atoms with Crippen molar-refractivity contribution in [3.8, 4) is 33.8 Å². The van der Waals surface area contributed by atoms with Crippen molar-refractivity contribution in [3.63, 3.8) is 0 Å². The molecule has 0 saturated heterocycles. The second-order valence-corrected chi connectivity index (χ2v) is 16.7. The van der Waals surface area contributed by atoms with Crippen molar-refractivity contribution < 1.29 is 0 Å². The highest BCUT2D eigenvalue weighted by molar-refractivity contribution is 5.61. The summed E-state index contributed by atoms with van der Waals surface area (Å²) in [6, 6.07) is 52.0. The number of nitrogens with zero attached hydrogens (tertiary/aromatic N) is 3. The summed E-state index contributed by atoms with van der Waals surface area (Å²) in [6.07, 6.45) is 8.74. The van der Waals surface area contributed by atoms with Crippen molar-refractivity contribution >= 4 is 0 Å². The Kier molecular flexibility index (Phi) is 10.4. The molecule has 0 aliphatic rings. The number of pyridine rings is 3. The highest BCUT2D eigenvalue weighted by Gasteiger charge is 2.27. The third-order valence-electron chi connectivity index (χ3n) is 10.9. The van der Waals surface area contributed by atoms with Gasteiger partial charge >= 0.3 is 0 Å². The number of benzene rings is 4. The second-order valence-electron chi connectivity index (χ2n) is 16.7. The molecule has 0 aliphatic heterocycles. The fourth-order valence-corrected chi connectivity index (χ4v) is 7.76. The Balaban J connectivity index is 1.18. The Hall–Kier alpha value is -5.67. The smallest absolute Gasteiger partial charge is 0.0702 e. The average Bonchev–Trinajstić information content (AvgIpc) is 3.18. The Morgan fingerprint density at radius 3 is 1.11 bits per heavy atom. The first kappa shape index (κ1) is 36.7. The van der Waals surface area contributed by atoms with Gasteiger partial charge in [0.05, 0.1) is 17.1 Å². The number of aromatic nitrogens is 3. The quantitative estimate of drug-likeness (QED) is 0.127. The first-order valence-electron chi connectivity index (χ1n) is 19.1. The van der Waals surface area contributed by atoms with Crippen LogP contribution in [0.25, 0.3) is 33.8 Å². The zero-order valence-corrected chi connectivity index (χ0v) is 32.6. The van der Waals surface area contributed by atoms with E-state index < -0.39 is 0 Å². The lowest BCUT2D eigenvalue weighted by atomic mass is 9.75. The lowest BCUT2D eigenvalue weighted by molar-refractivity contribution is 0.506. The van der Waals surface area contributed by atoms with Gasteiger partial charge in [0.15, 0.2) is 0 Å².